The topological polar surface area (TPSA) is 25.4 Å². The molecule has 0 saturated carbocycles. The molecule has 0 saturated heterocycles. The molecule has 1 aliphatic heterocycles. The van der Waals surface area contributed by atoms with E-state index in [1.165, 1.54) is 0 Å². The maximum atomic E-state index is 13.4. The largest absolute Gasteiger partial charge is 0.477 e. The lowest BCUT2D eigenvalue weighted by molar-refractivity contribution is -0.143. The smallest absolute Gasteiger partial charge is 0.416 e. The summed E-state index contributed by atoms with van der Waals surface area (Å²) in [5.74, 6) is 0.422. The molecular formula is C26H24F6N2O. The predicted octanol–water partition coefficient (Wildman–Crippen LogP) is 7.52. The van der Waals surface area contributed by atoms with Crippen LogP contribution in [-0.4, -0.2) is 23.0 Å². The first-order valence-electron chi connectivity index (χ1n) is 11.2. The summed E-state index contributed by atoms with van der Waals surface area (Å²) in [4.78, 5) is 6.25. The van der Waals surface area contributed by atoms with E-state index in [1.807, 2.05) is 41.3 Å². The third-order valence-corrected chi connectivity index (χ3v) is 6.18. The fourth-order valence-electron chi connectivity index (χ4n) is 4.27. The minimum Gasteiger partial charge on any atom is -0.477 e. The van der Waals surface area contributed by atoms with Crippen LogP contribution in [0.3, 0.4) is 0 Å². The third-order valence-electron chi connectivity index (χ3n) is 6.18. The number of pyridine rings is 1. The highest BCUT2D eigenvalue weighted by atomic mass is 19.4. The van der Waals surface area contributed by atoms with Gasteiger partial charge in [0.1, 0.15) is 0 Å². The second kappa shape index (κ2) is 9.89. The highest BCUT2D eigenvalue weighted by molar-refractivity contribution is 5.68. The van der Waals surface area contributed by atoms with Gasteiger partial charge in [-0.1, -0.05) is 30.3 Å². The Hall–Kier alpha value is -3.07. The van der Waals surface area contributed by atoms with E-state index in [1.54, 1.807) is 13.1 Å². The van der Waals surface area contributed by atoms with Crippen LogP contribution >= 0.6 is 0 Å². The fourth-order valence-corrected chi connectivity index (χ4v) is 4.27. The van der Waals surface area contributed by atoms with E-state index in [0.717, 1.165) is 28.8 Å². The second-order valence-electron chi connectivity index (χ2n) is 8.55. The molecule has 3 aromatic rings. The summed E-state index contributed by atoms with van der Waals surface area (Å²) in [5.41, 5.74) is -0.146. The average molecular weight is 494 g/mol. The predicted molar refractivity (Wildman–Crippen MR) is 120 cm³/mol. The number of nitrogens with zero attached hydrogens (tertiary/aromatic N) is 2. The lowest BCUT2D eigenvalue weighted by Crippen LogP contribution is -2.28. The van der Waals surface area contributed by atoms with Crippen molar-refractivity contribution in [2.75, 3.05) is 13.2 Å². The average Bonchev–Trinajstić information content (AvgIpc) is 2.93. The Labute approximate surface area is 199 Å². The first kappa shape index (κ1) is 25.0. The van der Waals surface area contributed by atoms with Crippen LogP contribution in [-0.2, 0) is 18.9 Å². The van der Waals surface area contributed by atoms with Gasteiger partial charge in [0.05, 0.1) is 17.7 Å². The van der Waals surface area contributed by atoms with Gasteiger partial charge in [-0.2, -0.15) is 26.3 Å². The van der Waals surface area contributed by atoms with Gasteiger partial charge in [-0.25, -0.2) is 4.98 Å². The molecule has 35 heavy (non-hydrogen) atoms. The van der Waals surface area contributed by atoms with Crippen molar-refractivity contribution < 1.29 is 31.1 Å². The number of halogens is 6. The van der Waals surface area contributed by atoms with Crippen LogP contribution in [0.15, 0.2) is 60.8 Å². The maximum Gasteiger partial charge on any atom is 0.416 e. The molecule has 0 N–H and O–H groups in total. The molecule has 1 atom stereocenters. The molecule has 1 unspecified atom stereocenters. The van der Waals surface area contributed by atoms with E-state index in [2.05, 4.69) is 4.98 Å². The lowest BCUT2D eigenvalue weighted by Gasteiger charge is -2.31. The van der Waals surface area contributed by atoms with Crippen LogP contribution < -0.4 is 4.74 Å². The van der Waals surface area contributed by atoms with E-state index >= 15 is 0 Å². The molecule has 0 fully saturated rings. The summed E-state index contributed by atoms with van der Waals surface area (Å²) < 4.78 is 86.6. The first-order chi connectivity index (χ1) is 16.5. The monoisotopic (exact) mass is 494 g/mol. The maximum absolute atomic E-state index is 13.4. The zero-order valence-corrected chi connectivity index (χ0v) is 19.0. The van der Waals surface area contributed by atoms with Crippen molar-refractivity contribution in [3.05, 3.63) is 83.0 Å². The number of hydrogen-bond acceptors (Lipinski definition) is 3. The molecule has 0 amide bonds. The van der Waals surface area contributed by atoms with Crippen LogP contribution in [0, 0.1) is 0 Å². The Balaban J connectivity index is 1.77. The molecule has 2 aromatic carbocycles. The Bertz CT molecular complexity index is 1130. The zero-order chi connectivity index (χ0) is 25.2. The molecule has 0 bridgehead atoms. The van der Waals surface area contributed by atoms with Gasteiger partial charge in [0, 0.05) is 24.3 Å². The summed E-state index contributed by atoms with van der Waals surface area (Å²) in [5, 5.41) is 0. The van der Waals surface area contributed by atoms with Crippen LogP contribution in [0.2, 0.25) is 0 Å². The lowest BCUT2D eigenvalue weighted by atomic mass is 9.97. The zero-order valence-electron chi connectivity index (χ0n) is 19.0. The van der Waals surface area contributed by atoms with Crippen molar-refractivity contribution in [2.24, 2.45) is 0 Å². The minimum absolute atomic E-state index is 0.0426. The van der Waals surface area contributed by atoms with Crippen molar-refractivity contribution in [1.29, 1.82) is 0 Å². The number of aromatic nitrogens is 1. The Morgan fingerprint density at radius 1 is 0.886 bits per heavy atom. The molecule has 1 aromatic heterocycles. The number of benzene rings is 2. The van der Waals surface area contributed by atoms with Gasteiger partial charge >= 0.3 is 12.4 Å². The Morgan fingerprint density at radius 2 is 1.54 bits per heavy atom. The molecule has 0 spiro atoms. The highest BCUT2D eigenvalue weighted by Gasteiger charge is 2.37. The standard InChI is InChI=1S/C26H24F6N2O/c1-17(19-13-20(25(27,28)29)15-21(14-19)26(30,31)32)34-11-5-6-12-35-24-23(16-34)22(9-10-33-24)18-7-3-2-4-8-18/h2-4,7-10,13-15,17H,5-6,11-12,16H2,1H3. The molecule has 3 nitrogen and oxygen atoms in total. The van der Waals surface area contributed by atoms with E-state index in [-0.39, 0.29) is 18.2 Å². The molecule has 0 aliphatic carbocycles. The van der Waals surface area contributed by atoms with Crippen LogP contribution in [0.4, 0.5) is 26.3 Å². The second-order valence-corrected chi connectivity index (χ2v) is 8.55. The van der Waals surface area contributed by atoms with Crippen molar-refractivity contribution in [3.63, 3.8) is 0 Å². The Morgan fingerprint density at radius 3 is 2.17 bits per heavy atom. The van der Waals surface area contributed by atoms with Crippen molar-refractivity contribution >= 4 is 0 Å². The van der Waals surface area contributed by atoms with Crippen molar-refractivity contribution in [1.82, 2.24) is 9.88 Å². The normalized spacial score (nSPS) is 16.4. The van der Waals surface area contributed by atoms with Gasteiger partial charge < -0.3 is 4.74 Å². The van der Waals surface area contributed by atoms with Crippen molar-refractivity contribution in [3.8, 4) is 17.0 Å². The molecule has 4 rings (SSSR count). The Kier molecular flexibility index (Phi) is 7.07. The molecule has 9 heteroatoms. The van der Waals surface area contributed by atoms with E-state index in [9.17, 15) is 26.3 Å². The van der Waals surface area contributed by atoms with Crippen LogP contribution in [0.1, 0.15) is 48.1 Å². The van der Waals surface area contributed by atoms with Gasteiger partial charge in [-0.15, -0.1) is 0 Å². The summed E-state index contributed by atoms with van der Waals surface area (Å²) >= 11 is 0. The van der Waals surface area contributed by atoms with Crippen molar-refractivity contribution in [2.45, 2.75) is 44.7 Å². The van der Waals surface area contributed by atoms with Crippen LogP contribution in [0.25, 0.3) is 11.1 Å². The SMILES string of the molecule is CC(c1cc(C(F)(F)F)cc(C(F)(F)F)c1)N1CCCCOc2nccc(-c3ccccc3)c2C1. The summed E-state index contributed by atoms with van der Waals surface area (Å²) in [6.45, 7) is 2.78. The first-order valence-corrected chi connectivity index (χ1v) is 11.2. The van der Waals surface area contributed by atoms with E-state index < -0.39 is 29.5 Å². The molecular weight excluding hydrogens is 470 g/mol. The summed E-state index contributed by atoms with van der Waals surface area (Å²) in [6.07, 6.45) is -6.81. The van der Waals surface area contributed by atoms with E-state index in [0.29, 0.717) is 31.9 Å². The molecule has 2 heterocycles. The quantitative estimate of drug-likeness (QED) is 0.352. The minimum atomic E-state index is -4.89. The van der Waals surface area contributed by atoms with Gasteiger partial charge in [0.2, 0.25) is 5.88 Å². The summed E-state index contributed by atoms with van der Waals surface area (Å²) in [7, 11) is 0. The molecule has 0 radical (unpaired) electrons. The number of hydrogen-bond donors (Lipinski definition) is 0. The fraction of sp³-hybridized carbons (Fsp3) is 0.346. The van der Waals surface area contributed by atoms with Gasteiger partial charge in [-0.3, -0.25) is 4.90 Å². The third kappa shape index (κ3) is 5.78. The number of fused-ring (bicyclic) bond motifs is 1. The van der Waals surface area contributed by atoms with Gasteiger partial charge in [-0.05, 0) is 67.3 Å². The highest BCUT2D eigenvalue weighted by Crippen LogP contribution is 2.39. The van der Waals surface area contributed by atoms with Gasteiger partial charge in [0.25, 0.3) is 0 Å². The number of alkyl halides is 6. The van der Waals surface area contributed by atoms with Gasteiger partial charge in [0.15, 0.2) is 0 Å². The number of rotatable bonds is 3. The summed E-state index contributed by atoms with van der Waals surface area (Å²) in [6, 6.07) is 12.4. The number of ether oxygens (including phenoxy) is 1. The molecule has 186 valence electrons. The molecule has 1 aliphatic rings. The van der Waals surface area contributed by atoms with Crippen LogP contribution in [0.5, 0.6) is 5.88 Å². The van der Waals surface area contributed by atoms with E-state index in [4.69, 9.17) is 4.74 Å².